The van der Waals surface area contributed by atoms with Gasteiger partial charge in [0, 0.05) is 11.6 Å². The van der Waals surface area contributed by atoms with Crippen LogP contribution in [0, 0.1) is 0 Å². The number of fused-ring (bicyclic) bond motifs is 1. The van der Waals surface area contributed by atoms with E-state index in [-0.39, 0.29) is 5.56 Å². The molecule has 3 aromatic rings. The largest absolute Gasteiger partial charge is 0.268 e. The molecule has 1 heterocycles. The summed E-state index contributed by atoms with van der Waals surface area (Å²) in [6, 6.07) is 15.7. The molecular weight excluding hydrogens is 212 g/mol. The molecule has 82 valence electrons. The summed E-state index contributed by atoms with van der Waals surface area (Å²) in [6.45, 7) is 0. The Morgan fingerprint density at radius 2 is 1.82 bits per heavy atom. The molecule has 3 nitrogen and oxygen atoms in total. The van der Waals surface area contributed by atoms with E-state index in [1.165, 1.54) is 0 Å². The van der Waals surface area contributed by atoms with Crippen molar-refractivity contribution < 1.29 is 0 Å². The number of aromatic nitrogens is 2. The summed E-state index contributed by atoms with van der Waals surface area (Å²) in [7, 11) is 0. The quantitative estimate of drug-likeness (QED) is 0.687. The van der Waals surface area contributed by atoms with Crippen LogP contribution in [0.1, 0.15) is 0 Å². The first kappa shape index (κ1) is 9.78. The van der Waals surface area contributed by atoms with Crippen LogP contribution < -0.4 is 5.56 Å². The molecule has 0 atom stereocenters. The third-order valence-corrected chi connectivity index (χ3v) is 2.77. The third kappa shape index (κ3) is 1.72. The molecule has 0 aliphatic carbocycles. The molecule has 0 aliphatic heterocycles. The fourth-order valence-electron chi connectivity index (χ4n) is 2.00. The van der Waals surface area contributed by atoms with Crippen molar-refractivity contribution in [2.75, 3.05) is 0 Å². The molecule has 0 amide bonds. The van der Waals surface area contributed by atoms with Crippen molar-refractivity contribution in [3.05, 3.63) is 65.1 Å². The highest BCUT2D eigenvalue weighted by molar-refractivity contribution is 5.96. The highest BCUT2D eigenvalue weighted by Gasteiger charge is 2.03. The van der Waals surface area contributed by atoms with Gasteiger partial charge in [0.2, 0.25) is 0 Å². The van der Waals surface area contributed by atoms with Crippen LogP contribution in [0.5, 0.6) is 0 Å². The maximum absolute atomic E-state index is 11.3. The monoisotopic (exact) mass is 222 g/mol. The van der Waals surface area contributed by atoms with Crippen LogP contribution in [-0.4, -0.2) is 10.2 Å². The minimum atomic E-state index is -0.185. The molecule has 0 saturated carbocycles. The molecule has 3 rings (SSSR count). The van der Waals surface area contributed by atoms with Gasteiger partial charge in [-0.15, -0.1) is 0 Å². The number of rotatable bonds is 1. The first-order valence-electron chi connectivity index (χ1n) is 5.37. The van der Waals surface area contributed by atoms with Crippen molar-refractivity contribution in [2.45, 2.75) is 0 Å². The molecule has 0 radical (unpaired) electrons. The number of hydrogen-bond donors (Lipinski definition) is 1. The number of benzene rings is 2. The van der Waals surface area contributed by atoms with E-state index in [4.69, 9.17) is 0 Å². The van der Waals surface area contributed by atoms with Gasteiger partial charge in [-0.25, -0.2) is 5.10 Å². The van der Waals surface area contributed by atoms with Gasteiger partial charge in [0.05, 0.1) is 6.20 Å². The fraction of sp³-hybridized carbons (Fsp3) is 0. The topological polar surface area (TPSA) is 45.8 Å². The average molecular weight is 222 g/mol. The van der Waals surface area contributed by atoms with Crippen molar-refractivity contribution in [1.29, 1.82) is 0 Å². The van der Waals surface area contributed by atoms with Gasteiger partial charge in [-0.05, 0) is 16.3 Å². The maximum atomic E-state index is 11.3. The Balaban J connectivity index is 2.34. The Hall–Kier alpha value is -2.42. The molecule has 0 aliphatic rings. The Kier molecular flexibility index (Phi) is 2.22. The van der Waals surface area contributed by atoms with Crippen LogP contribution in [0.2, 0.25) is 0 Å². The van der Waals surface area contributed by atoms with Crippen LogP contribution >= 0.6 is 0 Å². The van der Waals surface area contributed by atoms with Gasteiger partial charge in [-0.2, -0.15) is 5.10 Å². The van der Waals surface area contributed by atoms with E-state index in [9.17, 15) is 4.79 Å². The van der Waals surface area contributed by atoms with E-state index in [1.807, 2.05) is 30.3 Å². The second-order valence-corrected chi connectivity index (χ2v) is 3.86. The van der Waals surface area contributed by atoms with Gasteiger partial charge >= 0.3 is 0 Å². The van der Waals surface area contributed by atoms with Crippen molar-refractivity contribution >= 4 is 10.8 Å². The first-order chi connectivity index (χ1) is 8.34. The number of H-pyrrole nitrogens is 1. The van der Waals surface area contributed by atoms with E-state index >= 15 is 0 Å². The maximum Gasteiger partial charge on any atom is 0.264 e. The summed E-state index contributed by atoms with van der Waals surface area (Å²) >= 11 is 0. The van der Waals surface area contributed by atoms with Crippen molar-refractivity contribution in [1.82, 2.24) is 10.2 Å². The molecular formula is C14H10N2O. The zero-order valence-electron chi connectivity index (χ0n) is 9.05. The Morgan fingerprint density at radius 1 is 1.00 bits per heavy atom. The summed E-state index contributed by atoms with van der Waals surface area (Å²) in [5, 5.41) is 8.50. The summed E-state index contributed by atoms with van der Waals surface area (Å²) in [5.41, 5.74) is 1.68. The fourth-order valence-corrected chi connectivity index (χ4v) is 2.00. The van der Waals surface area contributed by atoms with Crippen molar-refractivity contribution in [3.8, 4) is 11.1 Å². The number of aromatic amines is 1. The van der Waals surface area contributed by atoms with E-state index in [0.717, 1.165) is 21.9 Å². The van der Waals surface area contributed by atoms with E-state index in [1.54, 1.807) is 12.3 Å². The minimum absolute atomic E-state index is 0.185. The summed E-state index contributed by atoms with van der Waals surface area (Å²) in [6.07, 6.45) is 1.67. The molecule has 2 aromatic carbocycles. The smallest absolute Gasteiger partial charge is 0.264 e. The zero-order chi connectivity index (χ0) is 11.7. The molecule has 17 heavy (non-hydrogen) atoms. The summed E-state index contributed by atoms with van der Waals surface area (Å²) in [4.78, 5) is 11.3. The Labute approximate surface area is 97.7 Å². The Morgan fingerprint density at radius 3 is 2.71 bits per heavy atom. The summed E-state index contributed by atoms with van der Waals surface area (Å²) in [5.74, 6) is 0. The molecule has 0 unspecified atom stereocenters. The summed E-state index contributed by atoms with van der Waals surface area (Å²) < 4.78 is 0. The SMILES string of the molecule is O=c1cc(-c2cccc3ccccc23)cn[nH]1. The van der Waals surface area contributed by atoms with Crippen LogP contribution in [0.25, 0.3) is 21.9 Å². The van der Waals surface area contributed by atoms with Crippen LogP contribution in [0.15, 0.2) is 59.5 Å². The lowest BCUT2D eigenvalue weighted by molar-refractivity contribution is 0.991. The third-order valence-electron chi connectivity index (χ3n) is 2.77. The Bertz CT molecular complexity index is 726. The number of hydrogen-bond acceptors (Lipinski definition) is 2. The predicted molar refractivity (Wildman–Crippen MR) is 67.8 cm³/mol. The molecule has 1 N–H and O–H groups in total. The van der Waals surface area contributed by atoms with Gasteiger partial charge in [0.1, 0.15) is 0 Å². The normalized spacial score (nSPS) is 10.6. The van der Waals surface area contributed by atoms with Gasteiger partial charge in [0.25, 0.3) is 5.56 Å². The van der Waals surface area contributed by atoms with Gasteiger partial charge in [-0.3, -0.25) is 4.79 Å². The van der Waals surface area contributed by atoms with Crippen molar-refractivity contribution in [3.63, 3.8) is 0 Å². The number of nitrogens with one attached hydrogen (secondary N) is 1. The van der Waals surface area contributed by atoms with Crippen molar-refractivity contribution in [2.24, 2.45) is 0 Å². The van der Waals surface area contributed by atoms with Gasteiger partial charge in [-0.1, -0.05) is 42.5 Å². The lowest BCUT2D eigenvalue weighted by Crippen LogP contribution is -2.05. The molecule has 3 heteroatoms. The molecule has 0 bridgehead atoms. The standard InChI is InChI=1S/C14H10N2O/c17-14-8-11(9-15-16-14)13-7-3-5-10-4-1-2-6-12(10)13/h1-9H,(H,16,17). The zero-order valence-corrected chi connectivity index (χ0v) is 9.05. The van der Waals surface area contributed by atoms with Gasteiger partial charge in [0.15, 0.2) is 0 Å². The van der Waals surface area contributed by atoms with Crippen LogP contribution in [0.4, 0.5) is 0 Å². The second kappa shape index (κ2) is 3.87. The highest BCUT2D eigenvalue weighted by Crippen LogP contribution is 2.26. The van der Waals surface area contributed by atoms with E-state index in [2.05, 4.69) is 22.3 Å². The molecule has 0 fully saturated rings. The number of nitrogens with zero attached hydrogens (tertiary/aromatic N) is 1. The minimum Gasteiger partial charge on any atom is -0.268 e. The molecule has 1 aromatic heterocycles. The molecule has 0 saturated heterocycles. The van der Waals surface area contributed by atoms with Gasteiger partial charge < -0.3 is 0 Å². The lowest BCUT2D eigenvalue weighted by Gasteiger charge is -2.05. The lowest BCUT2D eigenvalue weighted by atomic mass is 10.00. The van der Waals surface area contributed by atoms with Crippen LogP contribution in [0.3, 0.4) is 0 Å². The second-order valence-electron chi connectivity index (χ2n) is 3.86. The highest BCUT2D eigenvalue weighted by atomic mass is 16.1. The first-order valence-corrected chi connectivity index (χ1v) is 5.37. The van der Waals surface area contributed by atoms with E-state index in [0.29, 0.717) is 0 Å². The van der Waals surface area contributed by atoms with E-state index < -0.39 is 0 Å². The average Bonchev–Trinajstić information content (AvgIpc) is 2.38. The predicted octanol–water partition coefficient (Wildman–Crippen LogP) is 2.59. The van der Waals surface area contributed by atoms with Crippen LogP contribution in [-0.2, 0) is 0 Å². The molecule has 0 spiro atoms.